The Morgan fingerprint density at radius 1 is 0.383 bits per heavy atom. The van der Waals surface area contributed by atoms with Crippen molar-refractivity contribution in [3.63, 3.8) is 0 Å². The molecule has 0 unspecified atom stereocenters. The zero-order valence-electron chi connectivity index (χ0n) is 32.2. The van der Waals surface area contributed by atoms with Crippen molar-refractivity contribution < 1.29 is 4.42 Å². The van der Waals surface area contributed by atoms with Gasteiger partial charge in [0.05, 0.1) is 15.6 Å². The molecule has 0 aliphatic rings. The molecule has 0 N–H and O–H groups in total. The second kappa shape index (κ2) is 14.2. The first-order valence-corrected chi connectivity index (χ1v) is 21.7. The Kier molecular flexibility index (Phi) is 8.22. The Balaban J connectivity index is 0.919. The van der Waals surface area contributed by atoms with E-state index in [1.54, 1.807) is 11.3 Å². The van der Waals surface area contributed by atoms with Crippen molar-refractivity contribution in [2.45, 2.75) is 0 Å². The van der Waals surface area contributed by atoms with Gasteiger partial charge in [-0.05, 0) is 100 Å². The Hall–Kier alpha value is -7.31. The number of thiazole rings is 1. The largest absolute Gasteiger partial charge is 0.456 e. The molecule has 0 fully saturated rings. The van der Waals surface area contributed by atoms with Gasteiger partial charge in [-0.2, -0.15) is 0 Å². The molecule has 0 spiro atoms. The molecule has 60 heavy (non-hydrogen) atoms. The summed E-state index contributed by atoms with van der Waals surface area (Å²) in [4.78, 5) is 7.46. The standard InChI is InChI=1S/C55H34N2OS2/c1-3-11-35(12-4-1)39-15-9-16-43(33-39)57(42-28-23-37(24-29-42)44-18-10-19-46-45-17-7-8-20-50(45)59-54(44)46)41-26-21-36(22-27-41)40-25-30-47-49(34-40)58-48-31-32-51-53(52(47)48)56-55(60-51)38-13-5-2-6-14-38/h1-34H. The highest BCUT2D eigenvalue weighted by Crippen LogP contribution is 2.43. The summed E-state index contributed by atoms with van der Waals surface area (Å²) in [5.41, 5.74) is 14.2. The van der Waals surface area contributed by atoms with Crippen molar-refractivity contribution in [1.29, 1.82) is 0 Å². The summed E-state index contributed by atoms with van der Waals surface area (Å²) in [6.07, 6.45) is 0. The quantitative estimate of drug-likeness (QED) is 0.161. The van der Waals surface area contributed by atoms with Crippen molar-refractivity contribution in [3.05, 3.63) is 206 Å². The highest BCUT2D eigenvalue weighted by Gasteiger charge is 2.18. The lowest BCUT2D eigenvalue weighted by atomic mass is 10.0. The van der Waals surface area contributed by atoms with Crippen LogP contribution in [0.1, 0.15) is 0 Å². The predicted molar refractivity (Wildman–Crippen MR) is 256 cm³/mol. The molecule has 0 bridgehead atoms. The minimum Gasteiger partial charge on any atom is -0.456 e. The van der Waals surface area contributed by atoms with Crippen LogP contribution in [-0.4, -0.2) is 4.98 Å². The van der Waals surface area contributed by atoms with Crippen LogP contribution >= 0.6 is 22.7 Å². The summed E-state index contributed by atoms with van der Waals surface area (Å²) in [5, 5.41) is 5.80. The fraction of sp³-hybridized carbons (Fsp3) is 0. The summed E-state index contributed by atoms with van der Waals surface area (Å²) < 4.78 is 10.3. The normalized spacial score (nSPS) is 11.7. The molecule has 5 heteroatoms. The van der Waals surface area contributed by atoms with Crippen LogP contribution in [0, 0.1) is 0 Å². The first-order chi connectivity index (χ1) is 29.7. The second-order valence-electron chi connectivity index (χ2n) is 15.1. The SMILES string of the molecule is c1ccc(-c2cccc(N(c3ccc(-c4ccc5c(c4)oc4ccc6sc(-c7ccccc7)nc6c45)cc3)c3ccc(-c4cccc5c4sc4ccccc45)cc3)c2)cc1. The van der Waals surface area contributed by atoms with Gasteiger partial charge in [-0.3, -0.25) is 0 Å². The second-order valence-corrected chi connectivity index (χ2v) is 17.2. The Morgan fingerprint density at radius 2 is 1.02 bits per heavy atom. The topological polar surface area (TPSA) is 29.3 Å². The van der Waals surface area contributed by atoms with E-state index in [4.69, 9.17) is 9.40 Å². The Morgan fingerprint density at radius 3 is 1.82 bits per heavy atom. The van der Waals surface area contributed by atoms with Gasteiger partial charge in [0.2, 0.25) is 0 Å². The summed E-state index contributed by atoms with van der Waals surface area (Å²) in [5.74, 6) is 0. The van der Waals surface area contributed by atoms with Gasteiger partial charge in [-0.25, -0.2) is 4.98 Å². The van der Waals surface area contributed by atoms with E-state index in [9.17, 15) is 0 Å². The minimum absolute atomic E-state index is 0.856. The number of fused-ring (bicyclic) bond motifs is 8. The predicted octanol–water partition coefficient (Wildman–Crippen LogP) is 16.7. The molecule has 0 aliphatic heterocycles. The van der Waals surface area contributed by atoms with E-state index in [-0.39, 0.29) is 0 Å². The molecule has 12 aromatic rings. The number of rotatable bonds is 7. The lowest BCUT2D eigenvalue weighted by molar-refractivity contribution is 0.669. The van der Waals surface area contributed by atoms with Crippen molar-refractivity contribution in [2.75, 3.05) is 4.90 Å². The zero-order valence-corrected chi connectivity index (χ0v) is 33.9. The molecule has 0 amide bonds. The van der Waals surface area contributed by atoms with E-state index >= 15 is 0 Å². The summed E-state index contributed by atoms with van der Waals surface area (Å²) in [7, 11) is 0. The number of benzene rings is 9. The van der Waals surface area contributed by atoms with Gasteiger partial charge in [-0.1, -0.05) is 140 Å². The maximum atomic E-state index is 6.50. The van der Waals surface area contributed by atoms with Crippen molar-refractivity contribution in [1.82, 2.24) is 4.98 Å². The van der Waals surface area contributed by atoms with Gasteiger partial charge in [-0.15, -0.1) is 22.7 Å². The minimum atomic E-state index is 0.856. The van der Waals surface area contributed by atoms with Crippen LogP contribution < -0.4 is 4.90 Å². The van der Waals surface area contributed by atoms with Gasteiger partial charge < -0.3 is 9.32 Å². The van der Waals surface area contributed by atoms with E-state index < -0.39 is 0 Å². The molecule has 0 saturated carbocycles. The molecular weight excluding hydrogens is 769 g/mol. The summed E-state index contributed by atoms with van der Waals surface area (Å²) in [6, 6.07) is 73.9. The van der Waals surface area contributed by atoms with Crippen LogP contribution in [0.2, 0.25) is 0 Å². The molecule has 3 nitrogen and oxygen atoms in total. The van der Waals surface area contributed by atoms with E-state index in [2.05, 4.69) is 205 Å². The van der Waals surface area contributed by atoms with Crippen molar-refractivity contribution in [3.8, 4) is 44.0 Å². The highest BCUT2D eigenvalue weighted by molar-refractivity contribution is 7.26. The Bertz CT molecular complexity index is 3530. The van der Waals surface area contributed by atoms with Crippen LogP contribution in [-0.2, 0) is 0 Å². The van der Waals surface area contributed by atoms with E-state index in [0.29, 0.717) is 0 Å². The maximum absolute atomic E-state index is 6.50. The maximum Gasteiger partial charge on any atom is 0.137 e. The van der Waals surface area contributed by atoms with E-state index in [1.807, 2.05) is 17.4 Å². The third-order valence-corrected chi connectivity index (χ3v) is 13.8. The van der Waals surface area contributed by atoms with Gasteiger partial charge in [0.25, 0.3) is 0 Å². The molecular formula is C55H34N2OS2. The van der Waals surface area contributed by atoms with Crippen LogP contribution in [0.15, 0.2) is 211 Å². The van der Waals surface area contributed by atoms with Crippen LogP contribution in [0.4, 0.5) is 17.1 Å². The van der Waals surface area contributed by atoms with E-state index in [0.717, 1.165) is 70.9 Å². The highest BCUT2D eigenvalue weighted by atomic mass is 32.1. The van der Waals surface area contributed by atoms with Crippen molar-refractivity contribution in [2.24, 2.45) is 0 Å². The molecule has 0 radical (unpaired) electrons. The van der Waals surface area contributed by atoms with Crippen LogP contribution in [0.3, 0.4) is 0 Å². The first kappa shape index (κ1) is 34.7. The number of aromatic nitrogens is 1. The lowest BCUT2D eigenvalue weighted by Gasteiger charge is -2.26. The number of thiophene rings is 1. The first-order valence-electron chi connectivity index (χ1n) is 20.1. The molecule has 12 rings (SSSR count). The number of hydrogen-bond acceptors (Lipinski definition) is 5. The molecule has 0 atom stereocenters. The van der Waals surface area contributed by atoms with Crippen LogP contribution in [0.25, 0.3) is 96.3 Å². The van der Waals surface area contributed by atoms with Gasteiger partial charge >= 0.3 is 0 Å². The van der Waals surface area contributed by atoms with E-state index in [1.165, 1.54) is 42.4 Å². The number of nitrogens with zero attached hydrogens (tertiary/aromatic N) is 2. The molecule has 9 aromatic carbocycles. The van der Waals surface area contributed by atoms with Crippen LogP contribution in [0.5, 0.6) is 0 Å². The van der Waals surface area contributed by atoms with Crippen molar-refractivity contribution >= 4 is 92.1 Å². The van der Waals surface area contributed by atoms with Gasteiger partial charge in [0.15, 0.2) is 0 Å². The average Bonchev–Trinajstić information content (AvgIpc) is 4.04. The molecule has 3 aromatic heterocycles. The number of hydrogen-bond donors (Lipinski definition) is 0. The molecule has 3 heterocycles. The summed E-state index contributed by atoms with van der Waals surface area (Å²) >= 11 is 3.59. The lowest BCUT2D eigenvalue weighted by Crippen LogP contribution is -2.10. The molecule has 0 saturated heterocycles. The van der Waals surface area contributed by atoms with Gasteiger partial charge in [0.1, 0.15) is 16.2 Å². The Labute approximate surface area is 354 Å². The third-order valence-electron chi connectivity index (χ3n) is 11.5. The zero-order chi connectivity index (χ0) is 39.6. The number of anilines is 3. The fourth-order valence-electron chi connectivity index (χ4n) is 8.61. The van der Waals surface area contributed by atoms with Gasteiger partial charge in [0, 0.05) is 48.2 Å². The fourth-order valence-corrected chi connectivity index (χ4v) is 10.8. The third kappa shape index (κ3) is 5.90. The number of furan rings is 1. The average molecular weight is 803 g/mol. The summed E-state index contributed by atoms with van der Waals surface area (Å²) in [6.45, 7) is 0. The molecule has 282 valence electrons. The molecule has 0 aliphatic carbocycles. The monoisotopic (exact) mass is 802 g/mol. The smallest absolute Gasteiger partial charge is 0.137 e.